The van der Waals surface area contributed by atoms with Crippen LogP contribution in [0, 0.1) is 6.92 Å². The maximum Gasteiger partial charge on any atom is 0.244 e. The first-order valence-electron chi connectivity index (χ1n) is 4.55. The average molecular weight is 213 g/mol. The number of aryl methyl sites for hydroxylation is 1. The molecular weight excluding hydrogens is 198 g/mol. The van der Waals surface area contributed by atoms with Gasteiger partial charge in [-0.05, 0) is 19.9 Å². The molecule has 1 aromatic heterocycles. The van der Waals surface area contributed by atoms with Crippen molar-refractivity contribution in [1.29, 1.82) is 0 Å². The number of nitrogens with zero attached hydrogens (tertiary/aromatic N) is 2. The topological polar surface area (TPSA) is 46.9 Å². The molecule has 0 bridgehead atoms. The zero-order valence-corrected chi connectivity index (χ0v) is 9.29. The van der Waals surface area contributed by atoms with Gasteiger partial charge in [-0.15, -0.1) is 0 Å². The highest BCUT2D eigenvalue weighted by Crippen LogP contribution is 2.07. The summed E-state index contributed by atoms with van der Waals surface area (Å²) < 4.78 is 1.70. The van der Waals surface area contributed by atoms with Gasteiger partial charge in [0.15, 0.2) is 0 Å². The van der Waals surface area contributed by atoms with Gasteiger partial charge in [0, 0.05) is 24.2 Å². The van der Waals surface area contributed by atoms with Crippen LogP contribution in [0.25, 0.3) is 0 Å². The molecule has 0 saturated heterocycles. The summed E-state index contributed by atoms with van der Waals surface area (Å²) >= 11 is 4.02. The predicted octanol–water partition coefficient (Wildman–Crippen LogP) is 0.799. The maximum atomic E-state index is 11.5. The van der Waals surface area contributed by atoms with E-state index in [2.05, 4.69) is 23.0 Å². The van der Waals surface area contributed by atoms with E-state index in [1.54, 1.807) is 10.9 Å². The lowest BCUT2D eigenvalue weighted by Crippen LogP contribution is -2.33. The van der Waals surface area contributed by atoms with E-state index in [4.69, 9.17) is 0 Å². The van der Waals surface area contributed by atoms with Crippen molar-refractivity contribution in [3.05, 3.63) is 18.0 Å². The van der Waals surface area contributed by atoms with Crippen LogP contribution in [0.2, 0.25) is 0 Å². The number of carbonyl (C=O) groups excluding carboxylic acids is 1. The van der Waals surface area contributed by atoms with E-state index >= 15 is 0 Å². The quantitative estimate of drug-likeness (QED) is 0.727. The summed E-state index contributed by atoms with van der Waals surface area (Å²) in [5, 5.41) is 6.85. The molecule has 1 atom stereocenters. The molecule has 78 valence electrons. The first kappa shape index (κ1) is 11.1. The standard InChI is InChI=1S/C9H15N3OS/c1-7-3-4-11-12(7)8(2)9(13)10-5-6-14/h3-4,8,14H,5-6H2,1-2H3,(H,10,13). The Hall–Kier alpha value is -0.970. The van der Waals surface area contributed by atoms with Gasteiger partial charge in [0.1, 0.15) is 6.04 Å². The molecule has 1 rings (SSSR count). The second-order valence-electron chi connectivity index (χ2n) is 3.11. The predicted molar refractivity (Wildman–Crippen MR) is 58.5 cm³/mol. The van der Waals surface area contributed by atoms with Gasteiger partial charge < -0.3 is 5.32 Å². The molecular formula is C9H15N3OS. The van der Waals surface area contributed by atoms with Crippen LogP contribution in [0.1, 0.15) is 18.7 Å². The Balaban J connectivity index is 2.61. The van der Waals surface area contributed by atoms with Gasteiger partial charge in [0.25, 0.3) is 0 Å². The van der Waals surface area contributed by atoms with Gasteiger partial charge in [0.2, 0.25) is 5.91 Å². The van der Waals surface area contributed by atoms with E-state index in [1.165, 1.54) is 0 Å². The fourth-order valence-electron chi connectivity index (χ4n) is 1.22. The third-order valence-electron chi connectivity index (χ3n) is 2.03. The van der Waals surface area contributed by atoms with E-state index < -0.39 is 0 Å². The Labute approximate surface area is 89.1 Å². The number of hydrogen-bond acceptors (Lipinski definition) is 3. The van der Waals surface area contributed by atoms with Crippen molar-refractivity contribution in [2.75, 3.05) is 12.3 Å². The van der Waals surface area contributed by atoms with Gasteiger partial charge in [-0.2, -0.15) is 17.7 Å². The maximum absolute atomic E-state index is 11.5. The van der Waals surface area contributed by atoms with Crippen molar-refractivity contribution in [1.82, 2.24) is 15.1 Å². The Bertz CT molecular complexity index is 311. The van der Waals surface area contributed by atoms with Crippen LogP contribution in [-0.2, 0) is 4.79 Å². The smallest absolute Gasteiger partial charge is 0.244 e. The molecule has 14 heavy (non-hydrogen) atoms. The molecule has 0 spiro atoms. The molecule has 0 fully saturated rings. The molecule has 1 amide bonds. The number of hydrogen-bond donors (Lipinski definition) is 2. The molecule has 0 aromatic carbocycles. The van der Waals surface area contributed by atoms with Crippen molar-refractivity contribution in [2.45, 2.75) is 19.9 Å². The summed E-state index contributed by atoms with van der Waals surface area (Å²) in [4.78, 5) is 11.5. The zero-order chi connectivity index (χ0) is 10.6. The largest absolute Gasteiger partial charge is 0.353 e. The molecule has 0 radical (unpaired) electrons. The van der Waals surface area contributed by atoms with Gasteiger partial charge in [-0.3, -0.25) is 9.48 Å². The van der Waals surface area contributed by atoms with E-state index in [0.717, 1.165) is 5.69 Å². The molecule has 0 aliphatic carbocycles. The summed E-state index contributed by atoms with van der Waals surface area (Å²) in [6.07, 6.45) is 1.69. The van der Waals surface area contributed by atoms with Crippen LogP contribution in [-0.4, -0.2) is 28.0 Å². The molecule has 1 aromatic rings. The van der Waals surface area contributed by atoms with Crippen LogP contribution >= 0.6 is 12.6 Å². The van der Waals surface area contributed by atoms with Gasteiger partial charge >= 0.3 is 0 Å². The first-order chi connectivity index (χ1) is 6.66. The monoisotopic (exact) mass is 213 g/mol. The van der Waals surface area contributed by atoms with Crippen LogP contribution in [0.3, 0.4) is 0 Å². The van der Waals surface area contributed by atoms with Crippen molar-refractivity contribution in [2.24, 2.45) is 0 Å². The zero-order valence-electron chi connectivity index (χ0n) is 8.40. The molecule has 0 aliphatic heterocycles. The molecule has 1 N–H and O–H groups in total. The minimum atomic E-state index is -0.259. The van der Waals surface area contributed by atoms with E-state index in [1.807, 2.05) is 19.9 Å². The molecule has 1 heterocycles. The second kappa shape index (κ2) is 5.05. The molecule has 0 aliphatic rings. The van der Waals surface area contributed by atoms with Crippen LogP contribution in [0.15, 0.2) is 12.3 Å². The molecule has 1 unspecified atom stereocenters. The summed E-state index contributed by atoms with van der Waals surface area (Å²) in [5.41, 5.74) is 0.985. The lowest BCUT2D eigenvalue weighted by molar-refractivity contribution is -0.124. The first-order valence-corrected chi connectivity index (χ1v) is 5.18. The third kappa shape index (κ3) is 2.51. The van der Waals surface area contributed by atoms with Gasteiger partial charge in [0.05, 0.1) is 0 Å². The lowest BCUT2D eigenvalue weighted by atomic mass is 10.3. The number of carbonyl (C=O) groups is 1. The Kier molecular flexibility index (Phi) is 4.00. The summed E-state index contributed by atoms with van der Waals surface area (Å²) in [5.74, 6) is 0.627. The highest BCUT2D eigenvalue weighted by Gasteiger charge is 2.15. The van der Waals surface area contributed by atoms with Crippen molar-refractivity contribution in [3.8, 4) is 0 Å². The number of amides is 1. The number of rotatable bonds is 4. The highest BCUT2D eigenvalue weighted by atomic mass is 32.1. The minimum absolute atomic E-state index is 0.0224. The van der Waals surface area contributed by atoms with E-state index in [9.17, 15) is 4.79 Å². The van der Waals surface area contributed by atoms with E-state index in [-0.39, 0.29) is 11.9 Å². The Morgan fingerprint density at radius 2 is 2.50 bits per heavy atom. The number of thiol groups is 1. The summed E-state index contributed by atoms with van der Waals surface area (Å²) in [6, 6.07) is 1.62. The molecule has 0 saturated carbocycles. The fourth-order valence-corrected chi connectivity index (χ4v) is 1.34. The van der Waals surface area contributed by atoms with E-state index in [0.29, 0.717) is 12.3 Å². The normalized spacial score (nSPS) is 12.5. The van der Waals surface area contributed by atoms with Gasteiger partial charge in [-0.25, -0.2) is 0 Å². The fraction of sp³-hybridized carbons (Fsp3) is 0.556. The van der Waals surface area contributed by atoms with Crippen LogP contribution < -0.4 is 5.32 Å². The van der Waals surface area contributed by atoms with Crippen LogP contribution in [0.5, 0.6) is 0 Å². The van der Waals surface area contributed by atoms with Crippen molar-refractivity contribution < 1.29 is 4.79 Å². The molecule has 5 heteroatoms. The Morgan fingerprint density at radius 3 is 3.00 bits per heavy atom. The second-order valence-corrected chi connectivity index (χ2v) is 3.55. The number of nitrogens with one attached hydrogen (secondary N) is 1. The van der Waals surface area contributed by atoms with Crippen molar-refractivity contribution >= 4 is 18.5 Å². The Morgan fingerprint density at radius 1 is 1.79 bits per heavy atom. The van der Waals surface area contributed by atoms with Crippen molar-refractivity contribution in [3.63, 3.8) is 0 Å². The van der Waals surface area contributed by atoms with Crippen LogP contribution in [0.4, 0.5) is 0 Å². The summed E-state index contributed by atoms with van der Waals surface area (Å²) in [6.45, 7) is 4.34. The summed E-state index contributed by atoms with van der Waals surface area (Å²) in [7, 11) is 0. The number of aromatic nitrogens is 2. The highest BCUT2D eigenvalue weighted by molar-refractivity contribution is 7.80. The lowest BCUT2D eigenvalue weighted by Gasteiger charge is -2.13. The third-order valence-corrected chi connectivity index (χ3v) is 2.25. The molecule has 4 nitrogen and oxygen atoms in total. The van der Waals surface area contributed by atoms with Gasteiger partial charge in [-0.1, -0.05) is 0 Å². The average Bonchev–Trinajstić information content (AvgIpc) is 2.59. The minimum Gasteiger partial charge on any atom is -0.353 e. The SMILES string of the molecule is Cc1ccnn1C(C)C(=O)NCCS.